The third-order valence-corrected chi connectivity index (χ3v) is 3.35. The lowest BCUT2D eigenvalue weighted by atomic mass is 10.2. The SMILES string of the molecule is O=C(Nc1ccc(-n2ccnc2)nc1)c1cccc(Br)c1. The summed E-state index contributed by atoms with van der Waals surface area (Å²) in [5.74, 6) is 0.571. The highest BCUT2D eigenvalue weighted by Crippen LogP contribution is 2.14. The van der Waals surface area contributed by atoms with Crippen LogP contribution in [0, 0.1) is 0 Å². The molecule has 5 nitrogen and oxygen atoms in total. The quantitative estimate of drug-likeness (QED) is 0.794. The van der Waals surface area contributed by atoms with E-state index in [0.29, 0.717) is 11.3 Å². The lowest BCUT2D eigenvalue weighted by molar-refractivity contribution is 0.102. The number of hydrogen-bond donors (Lipinski definition) is 1. The maximum absolute atomic E-state index is 12.1. The number of hydrogen-bond acceptors (Lipinski definition) is 3. The highest BCUT2D eigenvalue weighted by Gasteiger charge is 2.07. The Bertz CT molecular complexity index is 754. The number of carbonyl (C=O) groups is 1. The van der Waals surface area contributed by atoms with Crippen LogP contribution in [0.4, 0.5) is 5.69 Å². The van der Waals surface area contributed by atoms with Gasteiger partial charge >= 0.3 is 0 Å². The second kappa shape index (κ2) is 5.88. The van der Waals surface area contributed by atoms with Gasteiger partial charge < -0.3 is 5.32 Å². The van der Waals surface area contributed by atoms with Crippen LogP contribution < -0.4 is 5.32 Å². The van der Waals surface area contributed by atoms with Gasteiger partial charge in [0.2, 0.25) is 0 Å². The van der Waals surface area contributed by atoms with E-state index in [4.69, 9.17) is 0 Å². The molecular weight excluding hydrogens is 332 g/mol. The van der Waals surface area contributed by atoms with Gasteiger partial charge in [0.25, 0.3) is 5.91 Å². The van der Waals surface area contributed by atoms with E-state index in [0.717, 1.165) is 10.3 Å². The molecule has 0 aliphatic carbocycles. The number of anilines is 1. The minimum Gasteiger partial charge on any atom is -0.321 e. The Hall–Kier alpha value is -2.47. The molecule has 0 bridgehead atoms. The van der Waals surface area contributed by atoms with Crippen molar-refractivity contribution < 1.29 is 4.79 Å². The van der Waals surface area contributed by atoms with Gasteiger partial charge in [-0.25, -0.2) is 9.97 Å². The number of imidazole rings is 1. The molecule has 0 fully saturated rings. The second-order valence-electron chi connectivity index (χ2n) is 4.34. The lowest BCUT2D eigenvalue weighted by Crippen LogP contribution is -2.12. The minimum atomic E-state index is -0.173. The molecule has 1 aromatic carbocycles. The Morgan fingerprint density at radius 2 is 2.14 bits per heavy atom. The van der Waals surface area contributed by atoms with Gasteiger partial charge in [-0.3, -0.25) is 9.36 Å². The van der Waals surface area contributed by atoms with E-state index < -0.39 is 0 Å². The fourth-order valence-corrected chi connectivity index (χ4v) is 2.24. The van der Waals surface area contributed by atoms with Crippen molar-refractivity contribution in [1.82, 2.24) is 14.5 Å². The number of nitrogens with one attached hydrogen (secondary N) is 1. The minimum absolute atomic E-state index is 0.173. The summed E-state index contributed by atoms with van der Waals surface area (Å²) in [7, 11) is 0. The van der Waals surface area contributed by atoms with Crippen molar-refractivity contribution in [2.75, 3.05) is 5.32 Å². The van der Waals surface area contributed by atoms with Crippen molar-refractivity contribution in [3.05, 3.63) is 71.4 Å². The maximum Gasteiger partial charge on any atom is 0.255 e. The summed E-state index contributed by atoms with van der Waals surface area (Å²) in [6, 6.07) is 10.8. The number of halogens is 1. The highest BCUT2D eigenvalue weighted by atomic mass is 79.9. The van der Waals surface area contributed by atoms with E-state index in [2.05, 4.69) is 31.2 Å². The molecule has 21 heavy (non-hydrogen) atoms. The van der Waals surface area contributed by atoms with E-state index >= 15 is 0 Å². The largest absolute Gasteiger partial charge is 0.321 e. The molecule has 2 heterocycles. The van der Waals surface area contributed by atoms with E-state index in [9.17, 15) is 4.79 Å². The van der Waals surface area contributed by atoms with Crippen molar-refractivity contribution in [1.29, 1.82) is 0 Å². The summed E-state index contributed by atoms with van der Waals surface area (Å²) in [5.41, 5.74) is 1.23. The molecule has 0 saturated carbocycles. The number of rotatable bonds is 3. The first kappa shape index (κ1) is 13.5. The highest BCUT2D eigenvalue weighted by molar-refractivity contribution is 9.10. The third-order valence-electron chi connectivity index (χ3n) is 2.86. The van der Waals surface area contributed by atoms with Crippen LogP contribution in [-0.2, 0) is 0 Å². The molecule has 3 aromatic rings. The number of benzene rings is 1. The van der Waals surface area contributed by atoms with Crippen molar-refractivity contribution in [2.45, 2.75) is 0 Å². The number of amides is 1. The Balaban J connectivity index is 1.75. The predicted octanol–water partition coefficient (Wildman–Crippen LogP) is 3.28. The van der Waals surface area contributed by atoms with Gasteiger partial charge in [0, 0.05) is 22.4 Å². The Kier molecular flexibility index (Phi) is 3.79. The molecule has 0 aliphatic rings. The lowest BCUT2D eigenvalue weighted by Gasteiger charge is -2.06. The Labute approximate surface area is 129 Å². The smallest absolute Gasteiger partial charge is 0.255 e. The van der Waals surface area contributed by atoms with Crippen LogP contribution in [0.3, 0.4) is 0 Å². The van der Waals surface area contributed by atoms with Crippen molar-refractivity contribution in [2.24, 2.45) is 0 Å². The molecule has 0 unspecified atom stereocenters. The molecule has 0 saturated heterocycles. The van der Waals surface area contributed by atoms with Gasteiger partial charge in [0.15, 0.2) is 0 Å². The molecule has 3 rings (SSSR count). The van der Waals surface area contributed by atoms with Gasteiger partial charge in [0.1, 0.15) is 12.1 Å². The average molecular weight is 343 g/mol. The fraction of sp³-hybridized carbons (Fsp3) is 0. The molecule has 0 aliphatic heterocycles. The zero-order valence-electron chi connectivity index (χ0n) is 10.9. The van der Waals surface area contributed by atoms with Crippen LogP contribution in [0.15, 0.2) is 65.8 Å². The molecular formula is C15H11BrN4O. The van der Waals surface area contributed by atoms with Gasteiger partial charge in [-0.1, -0.05) is 22.0 Å². The number of carbonyl (C=O) groups excluding carboxylic acids is 1. The van der Waals surface area contributed by atoms with E-state index in [1.807, 2.05) is 24.4 Å². The van der Waals surface area contributed by atoms with Gasteiger partial charge in [-0.05, 0) is 30.3 Å². The summed E-state index contributed by atoms with van der Waals surface area (Å²) in [4.78, 5) is 20.4. The second-order valence-corrected chi connectivity index (χ2v) is 5.26. The molecule has 0 radical (unpaired) electrons. The van der Waals surface area contributed by atoms with Crippen LogP contribution in [0.1, 0.15) is 10.4 Å². The van der Waals surface area contributed by atoms with Gasteiger partial charge in [-0.15, -0.1) is 0 Å². The van der Waals surface area contributed by atoms with Crippen LogP contribution in [0.5, 0.6) is 0 Å². The standard InChI is InChI=1S/C15H11BrN4O/c16-12-3-1-2-11(8-12)15(21)19-13-4-5-14(18-9-13)20-7-6-17-10-20/h1-10H,(H,19,21). The van der Waals surface area contributed by atoms with Crippen molar-refractivity contribution in [3.8, 4) is 5.82 Å². The molecule has 1 N–H and O–H groups in total. The van der Waals surface area contributed by atoms with Crippen LogP contribution >= 0.6 is 15.9 Å². The Morgan fingerprint density at radius 3 is 2.81 bits per heavy atom. The fourth-order valence-electron chi connectivity index (χ4n) is 1.84. The topological polar surface area (TPSA) is 59.8 Å². The number of pyridine rings is 1. The van der Waals surface area contributed by atoms with Crippen molar-refractivity contribution in [3.63, 3.8) is 0 Å². The van der Waals surface area contributed by atoms with Crippen LogP contribution in [0.2, 0.25) is 0 Å². The first-order chi connectivity index (χ1) is 10.2. The number of aromatic nitrogens is 3. The molecule has 1 amide bonds. The monoisotopic (exact) mass is 342 g/mol. The van der Waals surface area contributed by atoms with E-state index in [1.165, 1.54) is 0 Å². The summed E-state index contributed by atoms with van der Waals surface area (Å²) < 4.78 is 2.66. The normalized spacial score (nSPS) is 10.3. The summed E-state index contributed by atoms with van der Waals surface area (Å²) >= 11 is 3.35. The van der Waals surface area contributed by atoms with E-state index in [1.54, 1.807) is 41.5 Å². The third kappa shape index (κ3) is 3.17. The summed E-state index contributed by atoms with van der Waals surface area (Å²) in [6.07, 6.45) is 6.78. The zero-order valence-corrected chi connectivity index (χ0v) is 12.5. The zero-order chi connectivity index (χ0) is 14.7. The van der Waals surface area contributed by atoms with Crippen molar-refractivity contribution >= 4 is 27.5 Å². The Morgan fingerprint density at radius 1 is 1.24 bits per heavy atom. The molecule has 0 spiro atoms. The summed E-state index contributed by atoms with van der Waals surface area (Å²) in [6.45, 7) is 0. The molecule has 2 aromatic heterocycles. The van der Waals surface area contributed by atoms with Crippen LogP contribution in [0.25, 0.3) is 5.82 Å². The first-order valence-corrected chi connectivity index (χ1v) is 7.03. The van der Waals surface area contributed by atoms with Crippen LogP contribution in [-0.4, -0.2) is 20.4 Å². The molecule has 0 atom stereocenters. The molecule has 104 valence electrons. The predicted molar refractivity (Wildman–Crippen MR) is 83.5 cm³/mol. The van der Waals surface area contributed by atoms with Gasteiger partial charge in [0.05, 0.1) is 11.9 Å². The van der Waals surface area contributed by atoms with E-state index in [-0.39, 0.29) is 5.91 Å². The first-order valence-electron chi connectivity index (χ1n) is 6.24. The average Bonchev–Trinajstić information content (AvgIpc) is 3.02. The maximum atomic E-state index is 12.1. The number of nitrogens with zero attached hydrogens (tertiary/aromatic N) is 3. The summed E-state index contributed by atoms with van der Waals surface area (Å²) in [5, 5.41) is 2.81. The van der Waals surface area contributed by atoms with Gasteiger partial charge in [-0.2, -0.15) is 0 Å². The molecule has 6 heteroatoms.